The van der Waals surface area contributed by atoms with Gasteiger partial charge in [0.2, 0.25) is 5.82 Å². The number of methoxy groups -OCH3 is 3. The largest absolute Gasteiger partial charge is 0.497 e. The molecule has 6 nitrogen and oxygen atoms in total. The van der Waals surface area contributed by atoms with E-state index in [9.17, 15) is 30.4 Å². The maximum absolute atomic E-state index is 14.8. The van der Waals surface area contributed by atoms with Gasteiger partial charge in [0, 0.05) is 14.7 Å². The van der Waals surface area contributed by atoms with Crippen LogP contribution in [-0.2, 0) is 13.7 Å². The fraction of sp³-hybridized carbons (Fsp3) is 0.111. The lowest BCUT2D eigenvalue weighted by molar-refractivity contribution is 0.354. The van der Waals surface area contributed by atoms with E-state index in [1.165, 1.54) is 94.1 Å². The van der Waals surface area contributed by atoms with Crippen molar-refractivity contribution in [2.24, 2.45) is 0 Å². The van der Waals surface area contributed by atoms with Crippen molar-refractivity contribution in [2.75, 3.05) is 21.3 Å². The van der Waals surface area contributed by atoms with Gasteiger partial charge >= 0.3 is 10.1 Å². The van der Waals surface area contributed by atoms with Crippen LogP contribution in [0.25, 0.3) is 0 Å². The molecule has 0 N–H and O–H groups in total. The molecule has 0 saturated carbocycles. The SMILES string of the molecule is COc1ccc(S(OS(=O)(=O)c2c(F)c(F)c(F)c(F)c2F)(c2ccc(OC)cc2)c2ccc(OC)cc2)cc1. The summed E-state index contributed by atoms with van der Waals surface area (Å²) in [5.41, 5.74) is 0. The first-order valence-corrected chi connectivity index (χ1v) is 14.2. The lowest BCUT2D eigenvalue weighted by Crippen LogP contribution is -2.19. The van der Waals surface area contributed by atoms with Gasteiger partial charge in [0.1, 0.15) is 17.2 Å². The molecule has 4 aromatic carbocycles. The Morgan fingerprint density at radius 1 is 0.475 bits per heavy atom. The summed E-state index contributed by atoms with van der Waals surface area (Å²) in [4.78, 5) is -1.54. The van der Waals surface area contributed by atoms with Crippen molar-refractivity contribution in [1.82, 2.24) is 0 Å². The van der Waals surface area contributed by atoms with E-state index in [2.05, 4.69) is 0 Å². The minimum Gasteiger partial charge on any atom is -0.497 e. The minimum atomic E-state index is -5.69. The van der Waals surface area contributed by atoms with Crippen LogP contribution in [0.1, 0.15) is 0 Å². The molecule has 0 spiro atoms. The molecule has 4 rings (SSSR count). The predicted octanol–water partition coefficient (Wildman–Crippen LogP) is 7.01. The highest BCUT2D eigenvalue weighted by Crippen LogP contribution is 2.70. The summed E-state index contributed by atoms with van der Waals surface area (Å²) in [7, 11) is -4.97. The second-order valence-corrected chi connectivity index (χ2v) is 12.4. The summed E-state index contributed by atoms with van der Waals surface area (Å²) >= 11 is 0. The smallest absolute Gasteiger partial charge is 0.313 e. The van der Waals surface area contributed by atoms with Crippen LogP contribution in [0.3, 0.4) is 0 Å². The van der Waals surface area contributed by atoms with E-state index >= 15 is 0 Å². The normalized spacial score (nSPS) is 12.2. The summed E-state index contributed by atoms with van der Waals surface area (Å²) < 4.78 is 120. The predicted molar refractivity (Wildman–Crippen MR) is 136 cm³/mol. The number of hydrogen-bond acceptors (Lipinski definition) is 6. The number of hydrogen-bond donors (Lipinski definition) is 0. The molecule has 40 heavy (non-hydrogen) atoms. The molecule has 0 radical (unpaired) electrons. The maximum atomic E-state index is 14.8. The lowest BCUT2D eigenvalue weighted by Gasteiger charge is -2.39. The van der Waals surface area contributed by atoms with Crippen LogP contribution >= 0.6 is 10.3 Å². The van der Waals surface area contributed by atoms with Crippen molar-refractivity contribution in [2.45, 2.75) is 19.6 Å². The molecule has 13 heteroatoms. The number of rotatable bonds is 9. The van der Waals surface area contributed by atoms with Gasteiger partial charge in [-0.2, -0.15) is 8.42 Å². The molecule has 0 aliphatic heterocycles. The van der Waals surface area contributed by atoms with Gasteiger partial charge in [-0.25, -0.2) is 25.6 Å². The highest BCUT2D eigenvalue weighted by molar-refractivity contribution is 8.33. The molecule has 0 bridgehead atoms. The van der Waals surface area contributed by atoms with E-state index < -0.39 is 54.4 Å². The lowest BCUT2D eigenvalue weighted by atomic mass is 10.3. The van der Waals surface area contributed by atoms with E-state index in [1.54, 1.807) is 0 Å². The zero-order chi connectivity index (χ0) is 29.2. The fourth-order valence-electron chi connectivity index (χ4n) is 3.80. The molecule has 0 saturated heterocycles. The molecule has 0 aromatic heterocycles. The van der Waals surface area contributed by atoms with Gasteiger partial charge in [0.25, 0.3) is 0 Å². The highest BCUT2D eigenvalue weighted by atomic mass is 32.3. The van der Waals surface area contributed by atoms with E-state index in [-0.39, 0.29) is 14.7 Å². The average Bonchev–Trinajstić information content (AvgIpc) is 2.98. The van der Waals surface area contributed by atoms with Gasteiger partial charge in [0.05, 0.1) is 21.3 Å². The van der Waals surface area contributed by atoms with E-state index in [0.29, 0.717) is 17.2 Å². The van der Waals surface area contributed by atoms with Crippen molar-refractivity contribution in [3.8, 4) is 17.2 Å². The summed E-state index contributed by atoms with van der Waals surface area (Å²) in [6, 6.07) is 17.8. The van der Waals surface area contributed by atoms with Crippen LogP contribution in [0.2, 0.25) is 0 Å². The Bertz CT molecular complexity index is 1480. The van der Waals surface area contributed by atoms with E-state index in [0.717, 1.165) is 0 Å². The third kappa shape index (κ3) is 5.07. The molecule has 0 heterocycles. The topological polar surface area (TPSA) is 71.1 Å². The van der Waals surface area contributed by atoms with Crippen molar-refractivity contribution in [3.05, 3.63) is 102 Å². The Hall–Kier alpha value is -3.81. The Labute approximate surface area is 228 Å². The zero-order valence-electron chi connectivity index (χ0n) is 21.1. The molecule has 0 unspecified atom stereocenters. The number of benzene rings is 4. The van der Waals surface area contributed by atoms with Crippen LogP contribution in [-0.4, -0.2) is 29.7 Å². The van der Waals surface area contributed by atoms with Gasteiger partial charge in [-0.1, -0.05) is 0 Å². The summed E-state index contributed by atoms with van der Waals surface area (Å²) in [5, 5.41) is 0. The number of halogens is 5. The third-order valence-corrected chi connectivity index (χ3v) is 11.0. The highest BCUT2D eigenvalue weighted by Gasteiger charge is 2.42. The molecule has 0 fully saturated rings. The first-order valence-electron chi connectivity index (χ1n) is 11.2. The molecule has 0 aliphatic rings. The molecular weight excluding hydrogens is 579 g/mol. The Balaban J connectivity index is 2.08. The maximum Gasteiger partial charge on any atom is 0.313 e. The van der Waals surface area contributed by atoms with Crippen LogP contribution in [0.4, 0.5) is 22.0 Å². The van der Waals surface area contributed by atoms with Crippen molar-refractivity contribution in [3.63, 3.8) is 0 Å². The molecular formula is C27H21F5O6S2. The third-order valence-electron chi connectivity index (χ3n) is 5.79. The van der Waals surface area contributed by atoms with E-state index in [4.69, 9.17) is 17.8 Å². The molecule has 0 amide bonds. The Kier molecular flexibility index (Phi) is 8.28. The molecule has 0 aliphatic carbocycles. The second-order valence-electron chi connectivity index (χ2n) is 8.00. The summed E-state index contributed by atoms with van der Waals surface area (Å²) in [6.45, 7) is 0. The minimum absolute atomic E-state index is 0.191. The van der Waals surface area contributed by atoms with Gasteiger partial charge in [-0.3, -0.25) is 0 Å². The van der Waals surface area contributed by atoms with Crippen LogP contribution in [0.15, 0.2) is 92.4 Å². The molecule has 0 atom stereocenters. The van der Waals surface area contributed by atoms with Gasteiger partial charge in [0.15, 0.2) is 28.2 Å². The monoisotopic (exact) mass is 600 g/mol. The molecule has 4 aromatic rings. The van der Waals surface area contributed by atoms with Crippen LogP contribution in [0.5, 0.6) is 17.2 Å². The number of ether oxygens (including phenoxy) is 3. The van der Waals surface area contributed by atoms with Gasteiger partial charge in [-0.15, -0.1) is 0 Å². The summed E-state index contributed by atoms with van der Waals surface area (Å²) in [5.74, 6) is -11.3. The first kappa shape index (κ1) is 29.2. The van der Waals surface area contributed by atoms with Crippen molar-refractivity contribution >= 4 is 20.4 Å². The van der Waals surface area contributed by atoms with Gasteiger partial charge in [-0.05, 0) is 83.1 Å². The van der Waals surface area contributed by atoms with Gasteiger partial charge < -0.3 is 14.2 Å². The second kappa shape index (κ2) is 11.4. The average molecular weight is 601 g/mol. The standard InChI is InChI=1S/C27H21F5O6S2/c1-35-16-4-10-19(11-5-16)39(20-12-6-17(36-2)7-13-20,21-14-8-18(37-3)9-15-21)38-40(33,34)27-25(31)23(29)22(28)24(30)26(27)32/h4-15H,1-3H3. The quantitative estimate of drug-likeness (QED) is 0.117. The Morgan fingerprint density at radius 2 is 0.750 bits per heavy atom. The molecule has 212 valence electrons. The Morgan fingerprint density at radius 3 is 1.02 bits per heavy atom. The summed E-state index contributed by atoms with van der Waals surface area (Å²) in [6.07, 6.45) is 0. The van der Waals surface area contributed by atoms with Crippen LogP contribution in [0, 0.1) is 29.1 Å². The fourth-order valence-corrected chi connectivity index (χ4v) is 9.08. The van der Waals surface area contributed by atoms with Crippen molar-refractivity contribution in [1.29, 1.82) is 0 Å². The zero-order valence-corrected chi connectivity index (χ0v) is 22.7. The van der Waals surface area contributed by atoms with Crippen molar-refractivity contribution < 1.29 is 48.2 Å². The first-order chi connectivity index (χ1) is 19.0. The van der Waals surface area contributed by atoms with Crippen LogP contribution < -0.4 is 14.2 Å². The van der Waals surface area contributed by atoms with E-state index in [1.807, 2.05) is 0 Å².